The van der Waals surface area contributed by atoms with Crippen LogP contribution in [-0.4, -0.2) is 69.4 Å². The molecule has 22 heteroatoms. The minimum atomic E-state index is -4.33. The minimum absolute atomic E-state index is 0.00939. The smallest absolute Gasteiger partial charge is 0.296 e. The van der Waals surface area contributed by atoms with Gasteiger partial charge in [-0.05, 0) is 66.4 Å². The highest BCUT2D eigenvalue weighted by Gasteiger charge is 2.34. The number of rotatable bonds is 39. The number of hydrogen-bond donors (Lipinski definition) is 3. The van der Waals surface area contributed by atoms with Gasteiger partial charge in [0, 0.05) is 75.2 Å². The van der Waals surface area contributed by atoms with Crippen molar-refractivity contribution in [1.29, 1.82) is 0 Å². The van der Waals surface area contributed by atoms with Crippen LogP contribution in [0.25, 0.3) is 98.0 Å². The number of benzene rings is 7. The van der Waals surface area contributed by atoms with E-state index in [1.165, 1.54) is 142 Å². The Morgan fingerprint density at radius 1 is 0.436 bits per heavy atom. The molecule has 0 aliphatic rings. The summed E-state index contributed by atoms with van der Waals surface area (Å²) in [6.45, 7) is 7.34. The summed E-state index contributed by atoms with van der Waals surface area (Å²) < 4.78 is 64.1. The van der Waals surface area contributed by atoms with Crippen LogP contribution in [0.3, 0.4) is 0 Å². The molecule has 0 saturated heterocycles. The standard InChI is InChI=1S/C72H90N10O10S2/c1-4-7-10-13-16-19-22-25-28-31-38-75-93(89,90)47-41-56(74)67-57(42-47)76-69-52-36-34-49-63-55(73)45-53-61-51(37-35-50(65(61)63)64-59(81(85)86)46-54(62(52)66(49)64)72(84)79(67)69)70-77-58-43-48(44-60(82(87)88)68(58)80(70)71(53)83)94(91,92)78(39-32-29-26-23-20-17-14-11-8-5-2)40-33-30-27-24-21-18-15-12-9-6-3/h34-37,41-46,75H,4-33,38-40,73-74H2,1-3H3. The van der Waals surface area contributed by atoms with Gasteiger partial charge in [0.15, 0.2) is 5.52 Å². The van der Waals surface area contributed by atoms with Crippen LogP contribution < -0.4 is 27.3 Å². The third-order valence-electron chi connectivity index (χ3n) is 19.6. The Hall–Kier alpha value is -7.66. The Kier molecular flexibility index (Phi) is 21.3. The van der Waals surface area contributed by atoms with Crippen LogP contribution in [0.15, 0.2) is 80.0 Å². The zero-order chi connectivity index (χ0) is 66.4. The molecule has 20 nitrogen and oxygen atoms in total. The number of nitro groups is 2. The summed E-state index contributed by atoms with van der Waals surface area (Å²) in [7, 11) is -8.39. The van der Waals surface area contributed by atoms with Gasteiger partial charge in [-0.15, -0.1) is 0 Å². The van der Waals surface area contributed by atoms with Gasteiger partial charge < -0.3 is 11.5 Å². The zero-order valence-corrected chi connectivity index (χ0v) is 56.4. The Morgan fingerprint density at radius 2 is 0.840 bits per heavy atom. The topological polar surface area (TPSA) is 291 Å². The lowest BCUT2D eigenvalue weighted by Gasteiger charge is -2.22. The molecule has 7 aromatic carbocycles. The number of hydrogen-bond acceptors (Lipinski definition) is 14. The Balaban J connectivity index is 0.964. The minimum Gasteiger partial charge on any atom is -0.398 e. The average molecular weight is 1320 g/mol. The van der Waals surface area contributed by atoms with Crippen molar-refractivity contribution in [2.45, 2.75) is 223 Å². The van der Waals surface area contributed by atoms with Crippen LogP contribution in [0.1, 0.15) is 213 Å². The van der Waals surface area contributed by atoms with Crippen LogP contribution in [-0.2, 0) is 20.0 Å². The summed E-state index contributed by atoms with van der Waals surface area (Å²) in [4.78, 5) is 65.2. The fourth-order valence-electron chi connectivity index (χ4n) is 14.7. The summed E-state index contributed by atoms with van der Waals surface area (Å²) in [6.07, 6.45) is 32.5. The van der Waals surface area contributed by atoms with Crippen molar-refractivity contribution in [3.8, 4) is 0 Å². The van der Waals surface area contributed by atoms with Crippen LogP contribution >= 0.6 is 0 Å². The number of anilines is 2. The molecule has 0 amide bonds. The molecule has 0 saturated carbocycles. The van der Waals surface area contributed by atoms with Crippen LogP contribution in [0.4, 0.5) is 22.7 Å². The molecule has 500 valence electrons. The second kappa shape index (κ2) is 29.5. The number of imidazole rings is 2. The first-order chi connectivity index (χ1) is 45.4. The predicted molar refractivity (Wildman–Crippen MR) is 382 cm³/mol. The van der Waals surface area contributed by atoms with E-state index in [4.69, 9.17) is 21.4 Å². The van der Waals surface area contributed by atoms with E-state index in [-0.39, 0.29) is 90.3 Å². The molecule has 11 aromatic rings. The van der Waals surface area contributed by atoms with Crippen LogP contribution in [0, 0.1) is 20.2 Å². The fourth-order valence-corrected chi connectivity index (χ4v) is 17.4. The molecular formula is C72H90N10O10S2. The monoisotopic (exact) mass is 1320 g/mol. The lowest BCUT2D eigenvalue weighted by Crippen LogP contribution is -2.33. The van der Waals surface area contributed by atoms with Gasteiger partial charge in [0.05, 0.1) is 58.0 Å². The van der Waals surface area contributed by atoms with E-state index in [0.29, 0.717) is 67.7 Å². The maximum atomic E-state index is 15.3. The number of pyridine rings is 2. The van der Waals surface area contributed by atoms with Crippen LogP contribution in [0.5, 0.6) is 0 Å². The number of unbranched alkanes of at least 4 members (excludes halogenated alkanes) is 27. The highest BCUT2D eigenvalue weighted by atomic mass is 32.2. The summed E-state index contributed by atoms with van der Waals surface area (Å²) in [5.41, 5.74) is 11.5. The van der Waals surface area contributed by atoms with Gasteiger partial charge in [-0.1, -0.05) is 206 Å². The van der Waals surface area contributed by atoms with Crippen molar-refractivity contribution in [2.24, 2.45) is 0 Å². The second-order valence-electron chi connectivity index (χ2n) is 26.2. The molecule has 0 bridgehead atoms. The number of sulfonamides is 2. The molecule has 0 atom stereocenters. The van der Waals surface area contributed by atoms with Crippen molar-refractivity contribution in [3.05, 3.63) is 102 Å². The summed E-state index contributed by atoms with van der Waals surface area (Å²) >= 11 is 0. The first-order valence-corrected chi connectivity index (χ1v) is 37.7. The van der Waals surface area contributed by atoms with Gasteiger partial charge in [-0.3, -0.25) is 38.6 Å². The molecule has 0 radical (unpaired) electrons. The van der Waals surface area contributed by atoms with Gasteiger partial charge >= 0.3 is 0 Å². The highest BCUT2D eigenvalue weighted by molar-refractivity contribution is 7.89. The fraction of sp³-hybridized carbons (Fsp3) is 0.500. The van der Waals surface area contributed by atoms with E-state index in [9.17, 15) is 37.1 Å². The maximum absolute atomic E-state index is 15.3. The van der Waals surface area contributed by atoms with Crippen molar-refractivity contribution < 1.29 is 26.7 Å². The van der Waals surface area contributed by atoms with Crippen molar-refractivity contribution in [1.82, 2.24) is 27.8 Å². The summed E-state index contributed by atoms with van der Waals surface area (Å²) in [6, 6.07) is 14.5. The zero-order valence-electron chi connectivity index (χ0n) is 54.8. The molecule has 0 aliphatic carbocycles. The molecule has 11 rings (SSSR count). The first kappa shape index (κ1) is 67.7. The number of nitrogens with two attached hydrogens (primary N) is 2. The van der Waals surface area contributed by atoms with E-state index in [1.54, 1.807) is 24.3 Å². The molecular weight excluding hydrogens is 1230 g/mol. The number of non-ortho nitro benzene ring substituents is 2. The second-order valence-corrected chi connectivity index (χ2v) is 29.9. The number of aromatic nitrogens is 4. The molecule has 5 N–H and O–H groups in total. The number of nitro benzene ring substituents is 2. The van der Waals surface area contributed by atoms with E-state index in [0.717, 1.165) is 81.1 Å². The normalized spacial score (nSPS) is 12.8. The van der Waals surface area contributed by atoms with E-state index < -0.39 is 52.4 Å². The van der Waals surface area contributed by atoms with Crippen molar-refractivity contribution in [2.75, 3.05) is 31.1 Å². The number of nitrogens with zero attached hydrogens (tertiary/aromatic N) is 7. The quantitative estimate of drug-likeness (QED) is 0.00806. The van der Waals surface area contributed by atoms with Gasteiger partial charge in [-0.2, -0.15) is 4.31 Å². The van der Waals surface area contributed by atoms with Crippen molar-refractivity contribution >= 4 is 141 Å². The summed E-state index contributed by atoms with van der Waals surface area (Å²) in [5.74, 6) is 0. The van der Waals surface area contributed by atoms with Gasteiger partial charge in [0.25, 0.3) is 22.5 Å². The van der Waals surface area contributed by atoms with Crippen molar-refractivity contribution in [3.63, 3.8) is 0 Å². The van der Waals surface area contributed by atoms with Crippen LogP contribution in [0.2, 0.25) is 0 Å². The third kappa shape index (κ3) is 13.2. The van der Waals surface area contributed by atoms with Gasteiger partial charge in [0.2, 0.25) is 20.0 Å². The maximum Gasteiger partial charge on any atom is 0.296 e. The lowest BCUT2D eigenvalue weighted by atomic mass is 9.84. The first-order valence-electron chi connectivity index (χ1n) is 34.8. The third-order valence-corrected chi connectivity index (χ3v) is 22.9. The Morgan fingerprint density at radius 3 is 1.33 bits per heavy atom. The van der Waals surface area contributed by atoms with E-state index in [2.05, 4.69) is 25.5 Å². The molecule has 0 unspecified atom stereocenters. The lowest BCUT2D eigenvalue weighted by molar-refractivity contribution is -0.383. The molecule has 0 fully saturated rings. The molecule has 4 heterocycles. The number of nitrogen functional groups attached to an aromatic ring is 2. The Labute approximate surface area is 548 Å². The van der Waals surface area contributed by atoms with E-state index in [1.807, 2.05) is 0 Å². The molecule has 0 aliphatic heterocycles. The largest absolute Gasteiger partial charge is 0.398 e. The average Bonchev–Trinajstić information content (AvgIpc) is 1.13. The van der Waals surface area contributed by atoms with Gasteiger partial charge in [0.1, 0.15) is 11.3 Å². The molecule has 4 aromatic heterocycles. The SMILES string of the molecule is CCCCCCCCCCCCNS(=O)(=O)c1cc(N)c2c(c1)nc1c3ccc4c5c(N)cc6c(=O)n7c(nc8cc(S(=O)(=O)N(CCCCCCCCCCCC)CCCCCCCCCCCC)cc([N+](=O)[O-])c87)c7ccc(c8c([N+](=O)[O-])cc(c(=O)n12)c3c48)c5c67. The highest BCUT2D eigenvalue weighted by Crippen LogP contribution is 2.51. The summed E-state index contributed by atoms with van der Waals surface area (Å²) in [5, 5.41) is 30.3. The van der Waals surface area contributed by atoms with Gasteiger partial charge in [-0.25, -0.2) is 31.5 Å². The Bertz CT molecular complexity index is 4930. The molecule has 0 spiro atoms. The van der Waals surface area contributed by atoms with E-state index >= 15 is 9.59 Å². The predicted octanol–water partition coefficient (Wildman–Crippen LogP) is 17.3. The number of nitrogens with one attached hydrogen (secondary N) is 1. The molecule has 94 heavy (non-hydrogen) atoms. The number of fused-ring (bicyclic) bond motifs is 10.